The maximum absolute atomic E-state index is 13.9. The average Bonchev–Trinajstić information content (AvgIpc) is 3.53. The van der Waals surface area contributed by atoms with Gasteiger partial charge in [-0.2, -0.15) is 0 Å². The largest absolute Gasteiger partial charge is 0.342 e. The molecule has 2 aliphatic rings. The number of hydrogen-bond acceptors (Lipinski definition) is 4. The molecule has 7 nitrogen and oxygen atoms in total. The van der Waals surface area contributed by atoms with E-state index in [0.29, 0.717) is 32.4 Å². The van der Waals surface area contributed by atoms with Crippen LogP contribution in [0.15, 0.2) is 30.3 Å². The summed E-state index contributed by atoms with van der Waals surface area (Å²) in [5.41, 5.74) is -0.131. The van der Waals surface area contributed by atoms with Crippen molar-refractivity contribution in [3.8, 4) is 0 Å². The standard InChI is InChI=1S/C33H51N3O4/c1-31(2,3)23(22-15-11-10-12-16-22)21-26(37)35-19-14-18-25(35)29(39)34-27(32(4,5)6)30(40)36-20-13-17-24(36)28(38)33(7,8)9/h10-12,15-16,23-25,27H,13-14,17-21H2,1-9H3,(H,34,39). The molecule has 3 rings (SSSR count). The zero-order valence-electron chi connectivity index (χ0n) is 26.2. The monoisotopic (exact) mass is 553 g/mol. The zero-order valence-corrected chi connectivity index (χ0v) is 26.2. The van der Waals surface area contributed by atoms with E-state index in [9.17, 15) is 19.2 Å². The highest BCUT2D eigenvalue weighted by molar-refractivity contribution is 5.96. The third-order valence-corrected chi connectivity index (χ3v) is 8.48. The highest BCUT2D eigenvalue weighted by Crippen LogP contribution is 2.39. The van der Waals surface area contributed by atoms with Gasteiger partial charge >= 0.3 is 0 Å². The van der Waals surface area contributed by atoms with Gasteiger partial charge < -0.3 is 15.1 Å². The SMILES string of the molecule is CC(C)(C)C(=O)C1CCCN1C(=O)C(NC(=O)C1CCCN1C(=O)CC(c1ccccc1)C(C)(C)C)C(C)(C)C. The number of benzene rings is 1. The first-order valence-corrected chi connectivity index (χ1v) is 14.9. The van der Waals surface area contributed by atoms with E-state index in [1.807, 2.05) is 59.7 Å². The molecule has 0 aromatic heterocycles. The molecule has 2 saturated heterocycles. The number of nitrogens with one attached hydrogen (secondary N) is 1. The Labute approximate surface area is 241 Å². The lowest BCUT2D eigenvalue weighted by Gasteiger charge is -2.38. The highest BCUT2D eigenvalue weighted by Gasteiger charge is 2.45. The van der Waals surface area contributed by atoms with Crippen LogP contribution in [0.1, 0.15) is 106 Å². The number of carbonyl (C=O) groups excluding carboxylic acids is 4. The van der Waals surface area contributed by atoms with Gasteiger partial charge in [-0.15, -0.1) is 0 Å². The fraction of sp³-hybridized carbons (Fsp3) is 0.697. The van der Waals surface area contributed by atoms with Crippen LogP contribution in [0.4, 0.5) is 0 Å². The minimum Gasteiger partial charge on any atom is -0.342 e. The Morgan fingerprint density at radius 2 is 1.35 bits per heavy atom. The maximum atomic E-state index is 13.9. The van der Waals surface area contributed by atoms with Gasteiger partial charge in [0.05, 0.1) is 6.04 Å². The summed E-state index contributed by atoms with van der Waals surface area (Å²) in [6.07, 6.45) is 3.06. The molecule has 0 bridgehead atoms. The lowest BCUT2D eigenvalue weighted by molar-refractivity contribution is -0.146. The Kier molecular flexibility index (Phi) is 9.58. The van der Waals surface area contributed by atoms with Gasteiger partial charge in [-0.3, -0.25) is 19.2 Å². The van der Waals surface area contributed by atoms with Crippen LogP contribution in [0.2, 0.25) is 0 Å². The van der Waals surface area contributed by atoms with E-state index in [1.165, 1.54) is 0 Å². The number of likely N-dealkylation sites (tertiary alicyclic amines) is 2. The van der Waals surface area contributed by atoms with Crippen molar-refractivity contribution in [3.63, 3.8) is 0 Å². The van der Waals surface area contributed by atoms with Gasteiger partial charge in [-0.25, -0.2) is 0 Å². The second-order valence-corrected chi connectivity index (χ2v) is 14.9. The average molecular weight is 554 g/mol. The quantitative estimate of drug-likeness (QED) is 0.494. The van der Waals surface area contributed by atoms with Crippen LogP contribution < -0.4 is 5.32 Å². The summed E-state index contributed by atoms with van der Waals surface area (Å²) in [4.78, 5) is 57.8. The molecule has 1 aromatic carbocycles. The molecule has 0 aliphatic carbocycles. The molecule has 40 heavy (non-hydrogen) atoms. The van der Waals surface area contributed by atoms with Crippen LogP contribution in [0.3, 0.4) is 0 Å². The Bertz CT molecular complexity index is 1080. The predicted molar refractivity (Wildman–Crippen MR) is 159 cm³/mol. The Morgan fingerprint density at radius 1 is 0.800 bits per heavy atom. The van der Waals surface area contributed by atoms with Crippen LogP contribution in [-0.2, 0) is 19.2 Å². The molecule has 0 radical (unpaired) electrons. The summed E-state index contributed by atoms with van der Waals surface area (Å²) in [6, 6.07) is 8.22. The molecule has 2 fully saturated rings. The first-order valence-electron chi connectivity index (χ1n) is 14.9. The summed E-state index contributed by atoms with van der Waals surface area (Å²) >= 11 is 0. The fourth-order valence-corrected chi connectivity index (χ4v) is 6.09. The van der Waals surface area contributed by atoms with Gasteiger partial charge in [0.15, 0.2) is 5.78 Å². The second-order valence-electron chi connectivity index (χ2n) is 14.9. The van der Waals surface area contributed by atoms with Crippen LogP contribution in [0, 0.1) is 16.2 Å². The molecule has 4 unspecified atom stereocenters. The van der Waals surface area contributed by atoms with Crippen molar-refractivity contribution in [2.45, 2.75) is 118 Å². The molecule has 2 heterocycles. The molecule has 222 valence electrons. The van der Waals surface area contributed by atoms with Crippen molar-refractivity contribution in [3.05, 3.63) is 35.9 Å². The van der Waals surface area contributed by atoms with E-state index in [2.05, 4.69) is 38.2 Å². The van der Waals surface area contributed by atoms with E-state index in [-0.39, 0.29) is 34.8 Å². The van der Waals surface area contributed by atoms with Crippen LogP contribution in [0.25, 0.3) is 0 Å². The first kappa shape index (κ1) is 31.8. The van der Waals surface area contributed by atoms with Crippen molar-refractivity contribution in [1.82, 2.24) is 15.1 Å². The van der Waals surface area contributed by atoms with Crippen LogP contribution in [-0.4, -0.2) is 64.5 Å². The van der Waals surface area contributed by atoms with Crippen molar-refractivity contribution < 1.29 is 19.2 Å². The normalized spacial score (nSPS) is 21.7. The van der Waals surface area contributed by atoms with E-state index in [4.69, 9.17) is 0 Å². The Morgan fingerprint density at radius 3 is 1.88 bits per heavy atom. The highest BCUT2D eigenvalue weighted by atomic mass is 16.2. The molecule has 7 heteroatoms. The maximum Gasteiger partial charge on any atom is 0.246 e. The van der Waals surface area contributed by atoms with E-state index in [1.54, 1.807) is 9.80 Å². The topological polar surface area (TPSA) is 86.8 Å². The zero-order chi connectivity index (χ0) is 30.0. The third-order valence-electron chi connectivity index (χ3n) is 8.48. The Hall–Kier alpha value is -2.70. The van der Waals surface area contributed by atoms with Crippen molar-refractivity contribution >= 4 is 23.5 Å². The van der Waals surface area contributed by atoms with E-state index < -0.39 is 29.0 Å². The van der Waals surface area contributed by atoms with Gasteiger partial charge in [0.2, 0.25) is 17.7 Å². The number of hydrogen-bond donors (Lipinski definition) is 1. The lowest BCUT2D eigenvalue weighted by atomic mass is 9.74. The molecule has 1 N–H and O–H groups in total. The fourth-order valence-electron chi connectivity index (χ4n) is 6.09. The molecule has 1 aromatic rings. The summed E-state index contributed by atoms with van der Waals surface area (Å²) in [5.74, 6) is -0.466. The molecule has 3 amide bonds. The minimum absolute atomic E-state index is 0.0156. The third kappa shape index (κ3) is 7.32. The molecule has 0 spiro atoms. The number of nitrogens with zero attached hydrogens (tertiary/aromatic N) is 2. The van der Waals surface area contributed by atoms with Gasteiger partial charge in [0, 0.05) is 24.9 Å². The predicted octanol–water partition coefficient (Wildman–Crippen LogP) is 5.33. The Balaban J connectivity index is 1.78. The number of ketones is 1. The van der Waals surface area contributed by atoms with E-state index >= 15 is 0 Å². The van der Waals surface area contributed by atoms with Gasteiger partial charge in [0.1, 0.15) is 12.1 Å². The van der Waals surface area contributed by atoms with Gasteiger partial charge in [-0.1, -0.05) is 92.6 Å². The number of carbonyl (C=O) groups is 4. The molecular formula is C33H51N3O4. The van der Waals surface area contributed by atoms with Crippen LogP contribution >= 0.6 is 0 Å². The summed E-state index contributed by atoms with van der Waals surface area (Å²) in [6.45, 7) is 18.9. The van der Waals surface area contributed by atoms with E-state index in [0.717, 1.165) is 18.4 Å². The van der Waals surface area contributed by atoms with Crippen molar-refractivity contribution in [2.75, 3.05) is 13.1 Å². The van der Waals surface area contributed by atoms with Crippen LogP contribution in [0.5, 0.6) is 0 Å². The molecular weight excluding hydrogens is 502 g/mol. The van der Waals surface area contributed by atoms with Gasteiger partial charge in [0.25, 0.3) is 0 Å². The lowest BCUT2D eigenvalue weighted by Crippen LogP contribution is -2.60. The van der Waals surface area contributed by atoms with Crippen molar-refractivity contribution in [1.29, 1.82) is 0 Å². The van der Waals surface area contributed by atoms with Crippen molar-refractivity contribution in [2.24, 2.45) is 16.2 Å². The minimum atomic E-state index is -0.794. The number of Topliss-reactive ketones (excluding diaryl/α,β-unsaturated/α-hetero) is 1. The summed E-state index contributed by atoms with van der Waals surface area (Å²) in [7, 11) is 0. The molecule has 0 saturated carbocycles. The first-order chi connectivity index (χ1) is 18.4. The van der Waals surface area contributed by atoms with Gasteiger partial charge in [-0.05, 0) is 48.0 Å². The number of rotatable bonds is 7. The second kappa shape index (κ2) is 12.0. The number of amides is 3. The summed E-state index contributed by atoms with van der Waals surface area (Å²) < 4.78 is 0. The molecule has 2 aliphatic heterocycles. The smallest absolute Gasteiger partial charge is 0.246 e. The summed E-state index contributed by atoms with van der Waals surface area (Å²) in [5, 5.41) is 3.04. The molecule has 4 atom stereocenters.